The molecule has 2 aromatic rings. The predicted octanol–water partition coefficient (Wildman–Crippen LogP) is 2.62. The normalized spacial score (nSPS) is 12.4. The van der Waals surface area contributed by atoms with Crippen molar-refractivity contribution in [2.45, 2.75) is 12.8 Å². The quantitative estimate of drug-likeness (QED) is 0.767. The topological polar surface area (TPSA) is 39.9 Å². The molecular weight excluding hydrogens is 306 g/mol. The summed E-state index contributed by atoms with van der Waals surface area (Å²) in [5.74, 6) is 1.41. The van der Waals surface area contributed by atoms with Crippen LogP contribution in [-0.4, -0.2) is 27.4 Å². The second-order valence-electron chi connectivity index (χ2n) is 4.66. The fourth-order valence-electron chi connectivity index (χ4n) is 2.10. The van der Waals surface area contributed by atoms with Gasteiger partial charge >= 0.3 is 0 Å². The van der Waals surface area contributed by atoms with Gasteiger partial charge in [-0.25, -0.2) is 0 Å². The lowest BCUT2D eigenvalue weighted by Crippen LogP contribution is -2.10. The maximum atomic E-state index is 5.25. The number of rotatable bonds is 6. The first kappa shape index (κ1) is 14.1. The monoisotopic (exact) mass is 323 g/mol. The first-order valence-electron chi connectivity index (χ1n) is 6.25. The van der Waals surface area contributed by atoms with E-state index in [1.165, 1.54) is 5.56 Å². The number of alkyl halides is 1. The van der Waals surface area contributed by atoms with Gasteiger partial charge in [0.2, 0.25) is 0 Å². The van der Waals surface area contributed by atoms with Crippen LogP contribution >= 0.6 is 15.9 Å². The standard InChI is InChI=1S/C14H18BrN3O/c1-18-10-13(16-17-18)7-12(9-15)6-11-4-3-5-14(8-11)19-2/h3-5,8,10,12H,6-7,9H2,1-2H3. The molecular formula is C14H18BrN3O. The van der Waals surface area contributed by atoms with Crippen molar-refractivity contribution in [3.63, 3.8) is 0 Å². The maximum absolute atomic E-state index is 5.25. The molecule has 1 unspecified atom stereocenters. The smallest absolute Gasteiger partial charge is 0.119 e. The Balaban J connectivity index is 2.01. The van der Waals surface area contributed by atoms with E-state index in [1.807, 2.05) is 25.4 Å². The van der Waals surface area contributed by atoms with Gasteiger partial charge in [-0.1, -0.05) is 33.3 Å². The largest absolute Gasteiger partial charge is 0.497 e. The predicted molar refractivity (Wildman–Crippen MR) is 78.7 cm³/mol. The SMILES string of the molecule is COc1cccc(CC(CBr)Cc2cn(C)nn2)c1. The third-order valence-electron chi connectivity index (χ3n) is 3.02. The van der Waals surface area contributed by atoms with E-state index in [9.17, 15) is 0 Å². The number of methoxy groups -OCH3 is 1. The lowest BCUT2D eigenvalue weighted by atomic mass is 9.97. The number of benzene rings is 1. The Hall–Kier alpha value is -1.36. The molecule has 0 radical (unpaired) electrons. The lowest BCUT2D eigenvalue weighted by Gasteiger charge is -2.13. The molecule has 2 rings (SSSR count). The number of aromatic nitrogens is 3. The number of hydrogen-bond donors (Lipinski definition) is 0. The van der Waals surface area contributed by atoms with E-state index in [4.69, 9.17) is 4.74 Å². The molecule has 4 nitrogen and oxygen atoms in total. The Morgan fingerprint density at radius 3 is 2.84 bits per heavy atom. The van der Waals surface area contributed by atoms with Crippen molar-refractivity contribution < 1.29 is 4.74 Å². The molecule has 0 fully saturated rings. The van der Waals surface area contributed by atoms with Crippen LogP contribution in [-0.2, 0) is 19.9 Å². The zero-order valence-electron chi connectivity index (χ0n) is 11.2. The van der Waals surface area contributed by atoms with E-state index < -0.39 is 0 Å². The minimum atomic E-state index is 0.504. The average molecular weight is 324 g/mol. The maximum Gasteiger partial charge on any atom is 0.119 e. The van der Waals surface area contributed by atoms with E-state index in [0.717, 1.165) is 29.6 Å². The lowest BCUT2D eigenvalue weighted by molar-refractivity contribution is 0.414. The zero-order chi connectivity index (χ0) is 13.7. The van der Waals surface area contributed by atoms with Gasteiger partial charge in [-0.3, -0.25) is 4.68 Å². The number of hydrogen-bond acceptors (Lipinski definition) is 3. The van der Waals surface area contributed by atoms with Gasteiger partial charge in [0, 0.05) is 18.6 Å². The molecule has 0 amide bonds. The van der Waals surface area contributed by atoms with Crippen LogP contribution in [0.5, 0.6) is 5.75 Å². The molecule has 1 aromatic carbocycles. The Kier molecular flexibility index (Phi) is 4.96. The van der Waals surface area contributed by atoms with Crippen LogP contribution in [0, 0.1) is 5.92 Å². The summed E-state index contributed by atoms with van der Waals surface area (Å²) >= 11 is 3.59. The average Bonchev–Trinajstić information content (AvgIpc) is 2.83. The van der Waals surface area contributed by atoms with Crippen molar-refractivity contribution in [3.05, 3.63) is 41.7 Å². The highest BCUT2D eigenvalue weighted by Gasteiger charge is 2.12. The fourth-order valence-corrected chi connectivity index (χ4v) is 2.56. The Morgan fingerprint density at radius 2 is 2.21 bits per heavy atom. The third-order valence-corrected chi connectivity index (χ3v) is 3.94. The Morgan fingerprint density at radius 1 is 1.37 bits per heavy atom. The number of halogens is 1. The molecule has 0 saturated heterocycles. The van der Waals surface area contributed by atoms with E-state index in [2.05, 4.69) is 38.4 Å². The van der Waals surface area contributed by atoms with Crippen LogP contribution in [0.1, 0.15) is 11.3 Å². The van der Waals surface area contributed by atoms with Gasteiger partial charge in [0.15, 0.2) is 0 Å². The molecule has 0 aliphatic rings. The molecule has 0 bridgehead atoms. The highest BCUT2D eigenvalue weighted by atomic mass is 79.9. The molecule has 1 aromatic heterocycles. The second kappa shape index (κ2) is 6.70. The van der Waals surface area contributed by atoms with E-state index in [0.29, 0.717) is 5.92 Å². The van der Waals surface area contributed by atoms with Gasteiger partial charge in [-0.2, -0.15) is 0 Å². The van der Waals surface area contributed by atoms with Crippen molar-refractivity contribution in [3.8, 4) is 5.75 Å². The summed E-state index contributed by atoms with van der Waals surface area (Å²) in [4.78, 5) is 0. The van der Waals surface area contributed by atoms with Crippen molar-refractivity contribution >= 4 is 15.9 Å². The molecule has 5 heteroatoms. The second-order valence-corrected chi connectivity index (χ2v) is 5.31. The molecule has 1 heterocycles. The van der Waals surface area contributed by atoms with Crippen molar-refractivity contribution in [1.29, 1.82) is 0 Å². The zero-order valence-corrected chi connectivity index (χ0v) is 12.8. The van der Waals surface area contributed by atoms with Gasteiger partial charge in [0.1, 0.15) is 5.75 Å². The highest BCUT2D eigenvalue weighted by Crippen LogP contribution is 2.19. The minimum absolute atomic E-state index is 0.504. The first-order valence-corrected chi connectivity index (χ1v) is 7.37. The number of ether oxygens (including phenoxy) is 1. The first-order chi connectivity index (χ1) is 9.21. The number of aryl methyl sites for hydroxylation is 1. The van der Waals surface area contributed by atoms with Crippen LogP contribution in [0.2, 0.25) is 0 Å². The Bertz CT molecular complexity index is 527. The van der Waals surface area contributed by atoms with E-state index in [1.54, 1.807) is 11.8 Å². The van der Waals surface area contributed by atoms with Gasteiger partial charge < -0.3 is 4.74 Å². The van der Waals surface area contributed by atoms with Gasteiger partial charge in [-0.15, -0.1) is 5.10 Å². The Labute approximate surface area is 121 Å². The van der Waals surface area contributed by atoms with Crippen molar-refractivity contribution in [2.24, 2.45) is 13.0 Å². The van der Waals surface area contributed by atoms with Crippen LogP contribution in [0.25, 0.3) is 0 Å². The van der Waals surface area contributed by atoms with Gasteiger partial charge in [0.05, 0.1) is 12.8 Å². The minimum Gasteiger partial charge on any atom is -0.497 e. The summed E-state index contributed by atoms with van der Waals surface area (Å²) in [7, 11) is 3.59. The van der Waals surface area contributed by atoms with Crippen molar-refractivity contribution in [1.82, 2.24) is 15.0 Å². The molecule has 0 N–H and O–H groups in total. The van der Waals surface area contributed by atoms with Crippen LogP contribution in [0.4, 0.5) is 0 Å². The van der Waals surface area contributed by atoms with E-state index in [-0.39, 0.29) is 0 Å². The van der Waals surface area contributed by atoms with E-state index >= 15 is 0 Å². The summed E-state index contributed by atoms with van der Waals surface area (Å²) in [6, 6.07) is 8.22. The summed E-state index contributed by atoms with van der Waals surface area (Å²) in [6.45, 7) is 0. The molecule has 102 valence electrons. The van der Waals surface area contributed by atoms with Gasteiger partial charge in [-0.05, 0) is 36.5 Å². The summed E-state index contributed by atoms with van der Waals surface area (Å²) in [5.41, 5.74) is 2.32. The fraction of sp³-hybridized carbons (Fsp3) is 0.429. The molecule has 0 aliphatic carbocycles. The highest BCUT2D eigenvalue weighted by molar-refractivity contribution is 9.09. The van der Waals surface area contributed by atoms with Crippen LogP contribution in [0.3, 0.4) is 0 Å². The van der Waals surface area contributed by atoms with Crippen LogP contribution in [0.15, 0.2) is 30.5 Å². The number of nitrogens with zero attached hydrogens (tertiary/aromatic N) is 3. The van der Waals surface area contributed by atoms with Gasteiger partial charge in [0.25, 0.3) is 0 Å². The molecule has 0 spiro atoms. The molecule has 19 heavy (non-hydrogen) atoms. The van der Waals surface area contributed by atoms with Crippen LogP contribution < -0.4 is 4.74 Å². The summed E-state index contributed by atoms with van der Waals surface area (Å²) in [5, 5.41) is 9.06. The summed E-state index contributed by atoms with van der Waals surface area (Å²) < 4.78 is 7.00. The molecule has 0 saturated carbocycles. The molecule has 1 atom stereocenters. The van der Waals surface area contributed by atoms with Crippen molar-refractivity contribution in [2.75, 3.05) is 12.4 Å². The molecule has 0 aliphatic heterocycles. The summed E-state index contributed by atoms with van der Waals surface area (Å²) in [6.07, 6.45) is 3.90. The third kappa shape index (κ3) is 4.06.